The number of rotatable bonds is 13. The minimum Gasteiger partial charge on any atom is -0.469 e. The Morgan fingerprint density at radius 2 is 1.35 bits per heavy atom. The lowest BCUT2D eigenvalue weighted by atomic mass is 9.69. The molecular weight excluding hydrogens is 581 g/mol. The minimum atomic E-state index is -1.87. The summed E-state index contributed by atoms with van der Waals surface area (Å²) >= 11 is 0. The Morgan fingerprint density at radius 1 is 0.783 bits per heavy atom. The van der Waals surface area contributed by atoms with Gasteiger partial charge >= 0.3 is 5.97 Å². The zero-order chi connectivity index (χ0) is 34.5. The van der Waals surface area contributed by atoms with Gasteiger partial charge in [0.15, 0.2) is 8.32 Å². The molecular formula is C42H62O3Si. The summed E-state index contributed by atoms with van der Waals surface area (Å²) < 4.78 is 11.8. The molecule has 1 atom stereocenters. The van der Waals surface area contributed by atoms with Gasteiger partial charge in [0.25, 0.3) is 0 Å². The van der Waals surface area contributed by atoms with Crippen molar-refractivity contribution in [3.05, 3.63) is 94.0 Å². The SMILES string of the molecule is CCC(CC)(c1ccc(CCC(O[Si](C)(C)C(C)(C)C)C(C)(C)C)c(C)c1)c1ccc(-c2ccc(CCC(=O)OC)cc2)c(C)c1. The molecule has 0 aliphatic heterocycles. The summed E-state index contributed by atoms with van der Waals surface area (Å²) in [7, 11) is -0.427. The van der Waals surface area contributed by atoms with Crippen molar-refractivity contribution in [1.82, 2.24) is 0 Å². The molecule has 0 heterocycles. The lowest BCUT2D eigenvalue weighted by molar-refractivity contribution is -0.140. The van der Waals surface area contributed by atoms with Crippen molar-refractivity contribution in [2.24, 2.45) is 5.41 Å². The first-order chi connectivity index (χ1) is 21.4. The highest BCUT2D eigenvalue weighted by Crippen LogP contribution is 2.43. The molecule has 0 N–H and O–H groups in total. The number of aryl methyl sites for hydroxylation is 4. The number of ether oxygens (including phenoxy) is 1. The van der Waals surface area contributed by atoms with Crippen LogP contribution in [-0.2, 0) is 32.2 Å². The van der Waals surface area contributed by atoms with Crippen LogP contribution in [0.4, 0.5) is 0 Å². The number of esters is 1. The smallest absolute Gasteiger partial charge is 0.305 e. The van der Waals surface area contributed by atoms with Crippen LogP contribution in [0, 0.1) is 19.3 Å². The Morgan fingerprint density at radius 3 is 1.83 bits per heavy atom. The van der Waals surface area contributed by atoms with E-state index < -0.39 is 8.32 Å². The normalized spacial score (nSPS) is 13.5. The van der Waals surface area contributed by atoms with E-state index in [1.54, 1.807) is 0 Å². The topological polar surface area (TPSA) is 35.5 Å². The van der Waals surface area contributed by atoms with Crippen LogP contribution >= 0.6 is 0 Å². The van der Waals surface area contributed by atoms with Gasteiger partial charge in [0.2, 0.25) is 0 Å². The van der Waals surface area contributed by atoms with Gasteiger partial charge in [-0.3, -0.25) is 4.79 Å². The molecule has 0 saturated carbocycles. The number of methoxy groups -OCH3 is 1. The summed E-state index contributed by atoms with van der Waals surface area (Å²) in [5.41, 5.74) is 10.6. The predicted octanol–water partition coefficient (Wildman–Crippen LogP) is 11.6. The zero-order valence-corrected chi connectivity index (χ0v) is 32.3. The molecule has 3 rings (SSSR count). The molecule has 0 amide bonds. The molecule has 3 aromatic rings. The second kappa shape index (κ2) is 15.0. The maximum Gasteiger partial charge on any atom is 0.305 e. The van der Waals surface area contributed by atoms with E-state index in [9.17, 15) is 4.79 Å². The van der Waals surface area contributed by atoms with Gasteiger partial charge in [-0.2, -0.15) is 0 Å². The Labute approximate surface area is 282 Å². The van der Waals surface area contributed by atoms with Gasteiger partial charge in [0, 0.05) is 11.8 Å². The van der Waals surface area contributed by atoms with E-state index in [0.717, 1.165) is 31.2 Å². The first-order valence-electron chi connectivity index (χ1n) is 17.4. The Balaban J connectivity index is 1.85. The van der Waals surface area contributed by atoms with Crippen LogP contribution in [0.2, 0.25) is 18.1 Å². The molecule has 1 unspecified atom stereocenters. The fourth-order valence-corrected chi connectivity index (χ4v) is 8.02. The number of hydrogen-bond acceptors (Lipinski definition) is 3. The summed E-state index contributed by atoms with van der Waals surface area (Å²) in [5.74, 6) is -0.170. The fourth-order valence-electron chi connectivity index (χ4n) is 6.48. The molecule has 3 nitrogen and oxygen atoms in total. The van der Waals surface area contributed by atoms with Gasteiger partial charge < -0.3 is 9.16 Å². The Hall–Kier alpha value is -2.69. The highest BCUT2D eigenvalue weighted by molar-refractivity contribution is 6.74. The first kappa shape index (κ1) is 37.8. The Bertz CT molecular complexity index is 1450. The summed E-state index contributed by atoms with van der Waals surface area (Å²) in [6, 6.07) is 22.9. The average molecular weight is 643 g/mol. The third-order valence-electron chi connectivity index (χ3n) is 10.9. The van der Waals surface area contributed by atoms with Crippen molar-refractivity contribution < 1.29 is 14.0 Å². The average Bonchev–Trinajstić information content (AvgIpc) is 2.99. The molecule has 0 bridgehead atoms. The molecule has 0 aromatic heterocycles. The second-order valence-corrected chi connectivity index (χ2v) is 20.8. The molecule has 0 spiro atoms. The second-order valence-electron chi connectivity index (χ2n) is 16.0. The van der Waals surface area contributed by atoms with Crippen LogP contribution in [0.3, 0.4) is 0 Å². The quantitative estimate of drug-likeness (QED) is 0.137. The zero-order valence-electron chi connectivity index (χ0n) is 31.3. The van der Waals surface area contributed by atoms with Crippen LogP contribution in [0.25, 0.3) is 11.1 Å². The van der Waals surface area contributed by atoms with Crippen molar-refractivity contribution in [1.29, 1.82) is 0 Å². The summed E-state index contributed by atoms with van der Waals surface area (Å²) in [4.78, 5) is 11.5. The maximum absolute atomic E-state index is 11.5. The third-order valence-corrected chi connectivity index (χ3v) is 15.4. The molecule has 0 saturated heterocycles. The summed E-state index contributed by atoms with van der Waals surface area (Å²) in [6.45, 7) is 27.9. The number of benzene rings is 3. The number of hydrogen-bond donors (Lipinski definition) is 0. The van der Waals surface area contributed by atoms with Crippen LogP contribution in [0.15, 0.2) is 60.7 Å². The maximum atomic E-state index is 11.5. The lowest BCUT2D eigenvalue weighted by Gasteiger charge is -2.43. The first-order valence-corrected chi connectivity index (χ1v) is 20.3. The number of carbonyl (C=O) groups is 1. The fraction of sp³-hybridized carbons (Fsp3) is 0.548. The predicted molar refractivity (Wildman–Crippen MR) is 199 cm³/mol. The van der Waals surface area contributed by atoms with E-state index in [2.05, 4.69) is 143 Å². The minimum absolute atomic E-state index is 0.0380. The van der Waals surface area contributed by atoms with Crippen LogP contribution in [0.1, 0.15) is 114 Å². The van der Waals surface area contributed by atoms with Crippen molar-refractivity contribution in [2.45, 2.75) is 137 Å². The third kappa shape index (κ3) is 8.80. The van der Waals surface area contributed by atoms with E-state index in [0.29, 0.717) is 12.8 Å². The molecule has 0 radical (unpaired) electrons. The molecule has 0 aliphatic carbocycles. The van der Waals surface area contributed by atoms with E-state index in [4.69, 9.17) is 9.16 Å². The highest BCUT2D eigenvalue weighted by atomic mass is 28.4. The van der Waals surface area contributed by atoms with Gasteiger partial charge in [-0.05, 0) is 114 Å². The van der Waals surface area contributed by atoms with Gasteiger partial charge in [-0.15, -0.1) is 0 Å². The Kier molecular flexibility index (Phi) is 12.3. The van der Waals surface area contributed by atoms with Crippen molar-refractivity contribution in [3.8, 4) is 11.1 Å². The largest absolute Gasteiger partial charge is 0.469 e. The van der Waals surface area contributed by atoms with Gasteiger partial charge in [0.05, 0.1) is 13.2 Å². The van der Waals surface area contributed by atoms with Gasteiger partial charge in [-0.1, -0.05) is 116 Å². The van der Waals surface area contributed by atoms with E-state index >= 15 is 0 Å². The van der Waals surface area contributed by atoms with Crippen molar-refractivity contribution in [3.63, 3.8) is 0 Å². The molecule has 46 heavy (non-hydrogen) atoms. The molecule has 0 aliphatic rings. The van der Waals surface area contributed by atoms with Crippen LogP contribution in [0.5, 0.6) is 0 Å². The number of carbonyl (C=O) groups excluding carboxylic acids is 1. The molecule has 4 heteroatoms. The summed E-state index contributed by atoms with van der Waals surface area (Å²) in [6.07, 6.45) is 5.49. The van der Waals surface area contributed by atoms with Gasteiger partial charge in [-0.25, -0.2) is 0 Å². The van der Waals surface area contributed by atoms with E-state index in [-0.39, 0.29) is 27.9 Å². The molecule has 252 valence electrons. The van der Waals surface area contributed by atoms with Crippen molar-refractivity contribution in [2.75, 3.05) is 7.11 Å². The summed E-state index contributed by atoms with van der Waals surface area (Å²) in [5, 5.41) is 0.200. The molecule has 3 aromatic carbocycles. The monoisotopic (exact) mass is 642 g/mol. The van der Waals surface area contributed by atoms with Crippen molar-refractivity contribution >= 4 is 14.3 Å². The van der Waals surface area contributed by atoms with Gasteiger partial charge in [0.1, 0.15) is 0 Å². The molecule has 0 fully saturated rings. The highest BCUT2D eigenvalue weighted by Gasteiger charge is 2.41. The van der Waals surface area contributed by atoms with E-state index in [1.165, 1.54) is 46.1 Å². The standard InChI is InChI=1S/C42H62O3Si/c1-14-42(15-2,36-24-25-37(31(4)29-36)34-19-16-32(17-20-34)18-27-39(43)44-11)35-23-21-33(30(3)28-35)22-26-38(40(5,6)7)45-46(12,13)41(8,9)10/h16-17,19-21,23-25,28-29,38H,14-15,18,22,26-27H2,1-13H3. The van der Waals surface area contributed by atoms with E-state index in [1.807, 2.05) is 0 Å². The lowest BCUT2D eigenvalue weighted by Crippen LogP contribution is -2.47. The van der Waals surface area contributed by atoms with Crippen LogP contribution < -0.4 is 0 Å². The van der Waals surface area contributed by atoms with Crippen LogP contribution in [-0.4, -0.2) is 27.5 Å².